The Balaban J connectivity index is 1.24. The Labute approximate surface area is 178 Å². The van der Waals surface area contributed by atoms with Crippen molar-refractivity contribution in [3.63, 3.8) is 0 Å². The third-order valence-electron chi connectivity index (χ3n) is 7.41. The molecule has 2 aliphatic carbocycles. The van der Waals surface area contributed by atoms with Crippen LogP contribution in [-0.2, 0) is 28.9 Å². The van der Waals surface area contributed by atoms with Gasteiger partial charge in [0.05, 0.1) is 12.0 Å². The number of rotatable bonds is 5. The number of carbonyl (C=O) groups excluding carboxylic acids is 1. The lowest BCUT2D eigenvalue weighted by Crippen LogP contribution is -2.45. The highest BCUT2D eigenvalue weighted by molar-refractivity contribution is 5.79. The van der Waals surface area contributed by atoms with Crippen LogP contribution < -0.4 is 0 Å². The van der Waals surface area contributed by atoms with Crippen molar-refractivity contribution in [2.75, 3.05) is 13.1 Å². The number of hydrogen-bond acceptors (Lipinski definition) is 4. The van der Waals surface area contributed by atoms with Gasteiger partial charge in [-0.2, -0.15) is 0 Å². The molecule has 1 saturated heterocycles. The average molecular weight is 415 g/mol. The fourth-order valence-corrected chi connectivity index (χ4v) is 5.51. The van der Waals surface area contributed by atoms with Crippen molar-refractivity contribution < 1.29 is 19.8 Å². The number of piperidine rings is 1. The number of aromatic nitrogens is 1. The van der Waals surface area contributed by atoms with E-state index in [1.54, 1.807) is 0 Å². The number of likely N-dealkylation sites (tertiary alicyclic amines) is 1. The van der Waals surface area contributed by atoms with Crippen molar-refractivity contribution in [3.05, 3.63) is 29.1 Å². The zero-order valence-corrected chi connectivity index (χ0v) is 17.8. The molecule has 1 aromatic rings. The van der Waals surface area contributed by atoms with Crippen LogP contribution in [-0.4, -0.2) is 50.7 Å². The Bertz CT molecular complexity index is 777. The predicted octanol–water partition coefficient (Wildman–Crippen LogP) is 3.14. The number of nitrogens with zero attached hydrogens (tertiary/aromatic N) is 2. The summed E-state index contributed by atoms with van der Waals surface area (Å²) in [4.78, 5) is 30.8. The highest BCUT2D eigenvalue weighted by atomic mass is 16.4. The lowest BCUT2D eigenvalue weighted by Gasteiger charge is -2.38. The Morgan fingerprint density at radius 1 is 1.07 bits per heavy atom. The number of aliphatic hydroxyl groups is 1. The number of aryl methyl sites for hydroxylation is 2. The second-order valence-electron chi connectivity index (χ2n) is 9.66. The molecule has 2 N–H and O–H groups in total. The van der Waals surface area contributed by atoms with Crippen LogP contribution in [0, 0.1) is 11.8 Å². The number of carboxylic acid groups (broad SMARTS) is 1. The molecule has 1 aromatic heterocycles. The van der Waals surface area contributed by atoms with Crippen LogP contribution in [0.15, 0.2) is 12.1 Å². The van der Waals surface area contributed by atoms with Gasteiger partial charge in [0.2, 0.25) is 5.91 Å². The fraction of sp³-hybridized carbons (Fsp3) is 0.708. The molecular formula is C24H34N2O4. The normalized spacial score (nSPS) is 27.5. The molecule has 3 aliphatic rings. The lowest BCUT2D eigenvalue weighted by molar-refractivity contribution is -0.146. The molecular weight excluding hydrogens is 380 g/mol. The van der Waals surface area contributed by atoms with E-state index < -0.39 is 11.6 Å². The van der Waals surface area contributed by atoms with Gasteiger partial charge in [0.1, 0.15) is 0 Å². The van der Waals surface area contributed by atoms with Crippen molar-refractivity contribution in [2.24, 2.45) is 11.8 Å². The van der Waals surface area contributed by atoms with E-state index in [0.717, 1.165) is 45.2 Å². The van der Waals surface area contributed by atoms with E-state index >= 15 is 0 Å². The minimum atomic E-state index is -1.14. The second-order valence-corrected chi connectivity index (χ2v) is 9.66. The molecule has 164 valence electrons. The molecule has 0 spiro atoms. The van der Waals surface area contributed by atoms with Crippen molar-refractivity contribution in [3.8, 4) is 0 Å². The number of hydrogen-bond donors (Lipinski definition) is 2. The van der Waals surface area contributed by atoms with E-state index in [-0.39, 0.29) is 18.2 Å². The standard InChI is InChI=1S/C24H34N2O4/c27-22(28)16-24(30)11-7-19(8-12-24)23(29)26-13-9-17(10-14-26)15-20-6-5-18-3-1-2-4-21(18)25-20/h5-6,17,19,30H,1-4,7-16H2,(H,27,28). The van der Waals surface area contributed by atoms with Crippen LogP contribution >= 0.6 is 0 Å². The van der Waals surface area contributed by atoms with Crippen LogP contribution in [0.3, 0.4) is 0 Å². The Kier molecular flexibility index (Phi) is 6.42. The van der Waals surface area contributed by atoms with Gasteiger partial charge in [-0.25, -0.2) is 0 Å². The molecule has 0 aromatic carbocycles. The molecule has 0 radical (unpaired) electrons. The van der Waals surface area contributed by atoms with Gasteiger partial charge in [-0.05, 0) is 88.2 Å². The Morgan fingerprint density at radius 2 is 1.77 bits per heavy atom. The first-order valence-electron chi connectivity index (χ1n) is 11.6. The first kappa shape index (κ1) is 21.3. The van der Waals surface area contributed by atoms with E-state index in [1.165, 1.54) is 29.8 Å². The van der Waals surface area contributed by atoms with E-state index in [9.17, 15) is 14.7 Å². The zero-order chi connectivity index (χ0) is 21.1. The maximum absolute atomic E-state index is 12.9. The minimum absolute atomic E-state index is 0.0714. The molecule has 6 nitrogen and oxygen atoms in total. The first-order valence-corrected chi connectivity index (χ1v) is 11.6. The third kappa shape index (κ3) is 5.02. The van der Waals surface area contributed by atoms with Crippen LogP contribution in [0.4, 0.5) is 0 Å². The van der Waals surface area contributed by atoms with E-state index in [4.69, 9.17) is 10.1 Å². The monoisotopic (exact) mass is 414 g/mol. The number of carboxylic acids is 1. The summed E-state index contributed by atoms with van der Waals surface area (Å²) in [5.41, 5.74) is 2.78. The molecule has 2 fully saturated rings. The Hall–Kier alpha value is -1.95. The van der Waals surface area contributed by atoms with E-state index in [1.807, 2.05) is 4.90 Å². The number of carbonyl (C=O) groups is 2. The average Bonchev–Trinajstić information content (AvgIpc) is 2.73. The number of fused-ring (bicyclic) bond motifs is 1. The number of pyridine rings is 1. The Morgan fingerprint density at radius 3 is 2.47 bits per heavy atom. The maximum Gasteiger partial charge on any atom is 0.306 e. The topological polar surface area (TPSA) is 90.7 Å². The largest absolute Gasteiger partial charge is 0.481 e. The minimum Gasteiger partial charge on any atom is -0.481 e. The van der Waals surface area contributed by atoms with Gasteiger partial charge in [-0.15, -0.1) is 0 Å². The lowest BCUT2D eigenvalue weighted by atomic mass is 9.76. The van der Waals surface area contributed by atoms with E-state index in [2.05, 4.69) is 12.1 Å². The molecule has 0 unspecified atom stereocenters. The van der Waals surface area contributed by atoms with Crippen LogP contribution in [0.1, 0.15) is 74.7 Å². The summed E-state index contributed by atoms with van der Waals surface area (Å²) >= 11 is 0. The molecule has 30 heavy (non-hydrogen) atoms. The molecule has 1 aliphatic heterocycles. The molecule has 1 saturated carbocycles. The molecule has 0 bridgehead atoms. The van der Waals surface area contributed by atoms with Gasteiger partial charge in [0.25, 0.3) is 0 Å². The van der Waals surface area contributed by atoms with Crippen molar-refractivity contribution in [2.45, 2.75) is 82.7 Å². The number of aliphatic carboxylic acids is 1. The van der Waals surface area contributed by atoms with Gasteiger partial charge < -0.3 is 15.1 Å². The summed E-state index contributed by atoms with van der Waals surface area (Å²) in [5.74, 6) is -0.274. The van der Waals surface area contributed by atoms with Gasteiger partial charge in [0, 0.05) is 30.4 Å². The van der Waals surface area contributed by atoms with Crippen molar-refractivity contribution in [1.82, 2.24) is 9.88 Å². The quantitative estimate of drug-likeness (QED) is 0.772. The van der Waals surface area contributed by atoms with Crippen LogP contribution in [0.5, 0.6) is 0 Å². The second kappa shape index (κ2) is 9.04. The zero-order valence-electron chi connectivity index (χ0n) is 17.8. The summed E-state index contributed by atoms with van der Waals surface area (Å²) < 4.78 is 0. The first-order chi connectivity index (χ1) is 14.4. The van der Waals surface area contributed by atoms with Gasteiger partial charge in [-0.1, -0.05) is 6.07 Å². The molecule has 2 heterocycles. The molecule has 1 amide bonds. The van der Waals surface area contributed by atoms with Crippen molar-refractivity contribution in [1.29, 1.82) is 0 Å². The van der Waals surface area contributed by atoms with Gasteiger partial charge in [0.15, 0.2) is 0 Å². The number of amides is 1. The molecule has 6 heteroatoms. The van der Waals surface area contributed by atoms with Crippen LogP contribution in [0.2, 0.25) is 0 Å². The fourth-order valence-electron chi connectivity index (χ4n) is 5.51. The predicted molar refractivity (Wildman–Crippen MR) is 113 cm³/mol. The van der Waals surface area contributed by atoms with Gasteiger partial charge >= 0.3 is 5.97 Å². The highest BCUT2D eigenvalue weighted by Crippen LogP contribution is 2.36. The SMILES string of the molecule is O=C(O)CC1(O)CCC(C(=O)N2CCC(Cc3ccc4c(n3)CCCC4)CC2)CC1. The summed E-state index contributed by atoms with van der Waals surface area (Å²) in [6.07, 6.45) is 9.57. The van der Waals surface area contributed by atoms with Gasteiger partial charge in [-0.3, -0.25) is 14.6 Å². The molecule has 0 atom stereocenters. The third-order valence-corrected chi connectivity index (χ3v) is 7.41. The summed E-state index contributed by atoms with van der Waals surface area (Å²) in [6, 6.07) is 4.46. The summed E-state index contributed by atoms with van der Waals surface area (Å²) in [5, 5.41) is 19.3. The van der Waals surface area contributed by atoms with E-state index in [0.29, 0.717) is 31.6 Å². The van der Waals surface area contributed by atoms with Crippen molar-refractivity contribution >= 4 is 11.9 Å². The summed E-state index contributed by atoms with van der Waals surface area (Å²) in [6.45, 7) is 1.59. The highest BCUT2D eigenvalue weighted by Gasteiger charge is 2.39. The smallest absolute Gasteiger partial charge is 0.306 e. The summed E-state index contributed by atoms with van der Waals surface area (Å²) in [7, 11) is 0. The van der Waals surface area contributed by atoms with Crippen LogP contribution in [0.25, 0.3) is 0 Å². The molecule has 4 rings (SSSR count). The maximum atomic E-state index is 12.9.